The summed E-state index contributed by atoms with van der Waals surface area (Å²) in [6, 6.07) is 13.6. The molecule has 0 spiro atoms. The molecule has 0 bridgehead atoms. The number of rotatable bonds is 2. The van der Waals surface area contributed by atoms with Gasteiger partial charge < -0.3 is 10.0 Å². The first-order valence-electron chi connectivity index (χ1n) is 8.93. The van der Waals surface area contributed by atoms with Crippen molar-refractivity contribution in [3.8, 4) is 17.1 Å². The van der Waals surface area contributed by atoms with Crippen LogP contribution in [0.15, 0.2) is 42.5 Å². The highest BCUT2D eigenvalue weighted by Crippen LogP contribution is 2.33. The van der Waals surface area contributed by atoms with E-state index in [9.17, 15) is 5.11 Å². The predicted octanol–water partition coefficient (Wildman–Crippen LogP) is 4.55. The number of phenols is 1. The van der Waals surface area contributed by atoms with Crippen LogP contribution in [0.4, 0.5) is 5.82 Å². The highest BCUT2D eigenvalue weighted by atomic mass is 16.3. The largest absolute Gasteiger partial charge is 0.507 e. The number of aryl methyl sites for hydroxylation is 1. The molecule has 2 aromatic carbocycles. The maximum absolute atomic E-state index is 10.2. The minimum absolute atomic E-state index is 0.215. The first-order chi connectivity index (χ1) is 12.1. The fourth-order valence-electron chi connectivity index (χ4n) is 3.63. The molecule has 1 atom stereocenters. The van der Waals surface area contributed by atoms with Gasteiger partial charge >= 0.3 is 0 Å². The van der Waals surface area contributed by atoms with E-state index in [-0.39, 0.29) is 5.75 Å². The molecule has 4 rings (SSSR count). The number of para-hydroxylation sites is 1. The van der Waals surface area contributed by atoms with Crippen molar-refractivity contribution in [2.24, 2.45) is 5.92 Å². The third-order valence-electron chi connectivity index (χ3n) is 4.93. The number of fused-ring (bicyclic) bond motifs is 1. The summed E-state index contributed by atoms with van der Waals surface area (Å²) in [7, 11) is 0. The van der Waals surface area contributed by atoms with Crippen molar-refractivity contribution >= 4 is 16.7 Å². The van der Waals surface area contributed by atoms with E-state index in [1.54, 1.807) is 6.07 Å². The maximum Gasteiger partial charge on any atom is 0.165 e. The Hall–Kier alpha value is -2.62. The van der Waals surface area contributed by atoms with Gasteiger partial charge in [0.05, 0.1) is 11.1 Å². The molecule has 2 heterocycles. The highest BCUT2D eigenvalue weighted by Gasteiger charge is 2.21. The summed E-state index contributed by atoms with van der Waals surface area (Å²) in [5.74, 6) is 2.45. The van der Waals surface area contributed by atoms with E-state index in [1.807, 2.05) is 18.2 Å². The van der Waals surface area contributed by atoms with Gasteiger partial charge in [0, 0.05) is 18.5 Å². The fourth-order valence-corrected chi connectivity index (χ4v) is 3.63. The smallest absolute Gasteiger partial charge is 0.165 e. The van der Waals surface area contributed by atoms with Crippen molar-refractivity contribution in [3.05, 3.63) is 48.0 Å². The van der Waals surface area contributed by atoms with E-state index < -0.39 is 0 Å². The van der Waals surface area contributed by atoms with Gasteiger partial charge in [-0.25, -0.2) is 9.97 Å². The Labute approximate surface area is 148 Å². The Balaban J connectivity index is 1.92. The summed E-state index contributed by atoms with van der Waals surface area (Å²) in [6.45, 7) is 6.40. The van der Waals surface area contributed by atoms with E-state index in [2.05, 4.69) is 36.9 Å². The summed E-state index contributed by atoms with van der Waals surface area (Å²) in [6.07, 6.45) is 2.45. The Bertz CT molecular complexity index is 922. The van der Waals surface area contributed by atoms with Gasteiger partial charge in [0.25, 0.3) is 0 Å². The number of anilines is 1. The lowest BCUT2D eigenvalue weighted by molar-refractivity contribution is 0.445. The third kappa shape index (κ3) is 3.04. The van der Waals surface area contributed by atoms with Crippen LogP contribution in [0.1, 0.15) is 25.3 Å². The van der Waals surface area contributed by atoms with Gasteiger partial charge in [0.2, 0.25) is 0 Å². The van der Waals surface area contributed by atoms with Crippen LogP contribution in [0, 0.1) is 12.8 Å². The zero-order valence-electron chi connectivity index (χ0n) is 14.7. The van der Waals surface area contributed by atoms with E-state index in [1.165, 1.54) is 18.4 Å². The standard InChI is InChI=1S/C21H23N3O/c1-14-9-10-16-18(12-14)22-20(17-7-3-4-8-19(17)25)23-21(16)24-11-5-6-15(2)13-24/h3-4,7-10,12,15,25H,5-6,11,13H2,1-2H3/t15-/m1/s1. The van der Waals surface area contributed by atoms with E-state index in [4.69, 9.17) is 9.97 Å². The molecule has 0 aliphatic carbocycles. The lowest BCUT2D eigenvalue weighted by Gasteiger charge is -2.32. The van der Waals surface area contributed by atoms with Crippen LogP contribution >= 0.6 is 0 Å². The number of aromatic nitrogens is 2. The molecule has 0 radical (unpaired) electrons. The van der Waals surface area contributed by atoms with Crippen molar-refractivity contribution in [3.63, 3.8) is 0 Å². The second-order valence-corrected chi connectivity index (χ2v) is 7.10. The lowest BCUT2D eigenvalue weighted by atomic mass is 10.00. The van der Waals surface area contributed by atoms with Crippen molar-refractivity contribution in [2.45, 2.75) is 26.7 Å². The van der Waals surface area contributed by atoms with Gasteiger partial charge in [-0.05, 0) is 55.5 Å². The van der Waals surface area contributed by atoms with Crippen LogP contribution in [-0.4, -0.2) is 28.2 Å². The Kier molecular flexibility index (Phi) is 4.04. The Morgan fingerprint density at radius 2 is 1.96 bits per heavy atom. The van der Waals surface area contributed by atoms with Crippen molar-refractivity contribution in [1.82, 2.24) is 9.97 Å². The Morgan fingerprint density at radius 1 is 1.12 bits per heavy atom. The zero-order valence-corrected chi connectivity index (χ0v) is 14.7. The van der Waals surface area contributed by atoms with Gasteiger partial charge in [-0.3, -0.25) is 0 Å². The molecule has 25 heavy (non-hydrogen) atoms. The zero-order chi connectivity index (χ0) is 17.4. The number of benzene rings is 2. The van der Waals surface area contributed by atoms with Crippen molar-refractivity contribution in [1.29, 1.82) is 0 Å². The molecule has 1 N–H and O–H groups in total. The summed E-state index contributed by atoms with van der Waals surface area (Å²) in [5, 5.41) is 11.3. The van der Waals surface area contributed by atoms with Crippen molar-refractivity contribution in [2.75, 3.05) is 18.0 Å². The van der Waals surface area contributed by atoms with Crippen LogP contribution < -0.4 is 4.90 Å². The molecular formula is C21H23N3O. The first-order valence-corrected chi connectivity index (χ1v) is 8.93. The lowest BCUT2D eigenvalue weighted by Crippen LogP contribution is -2.35. The summed E-state index contributed by atoms with van der Waals surface area (Å²) in [4.78, 5) is 12.0. The van der Waals surface area contributed by atoms with Crippen LogP contribution in [-0.2, 0) is 0 Å². The third-order valence-corrected chi connectivity index (χ3v) is 4.93. The second-order valence-electron chi connectivity index (χ2n) is 7.10. The maximum atomic E-state index is 10.2. The number of aromatic hydroxyl groups is 1. The number of nitrogens with zero attached hydrogens (tertiary/aromatic N) is 3. The molecule has 128 valence electrons. The molecule has 1 aliphatic heterocycles. The molecular weight excluding hydrogens is 310 g/mol. The summed E-state index contributed by atoms with van der Waals surface area (Å²) in [5.41, 5.74) is 2.78. The average molecular weight is 333 g/mol. The van der Waals surface area contributed by atoms with Gasteiger partial charge in [0.15, 0.2) is 5.82 Å². The molecule has 0 saturated carbocycles. The van der Waals surface area contributed by atoms with Crippen LogP contribution in [0.5, 0.6) is 5.75 Å². The number of piperidine rings is 1. The summed E-state index contributed by atoms with van der Waals surface area (Å²) >= 11 is 0. The molecule has 4 heteroatoms. The molecule has 0 amide bonds. The van der Waals surface area contributed by atoms with Crippen LogP contribution in [0.25, 0.3) is 22.3 Å². The van der Waals surface area contributed by atoms with Gasteiger partial charge in [-0.1, -0.05) is 25.1 Å². The van der Waals surface area contributed by atoms with Crippen LogP contribution in [0.2, 0.25) is 0 Å². The molecule has 1 saturated heterocycles. The second kappa shape index (κ2) is 6.36. The molecule has 1 aromatic heterocycles. The number of phenolic OH excluding ortho intramolecular Hbond substituents is 1. The molecule has 0 unspecified atom stereocenters. The molecule has 3 aromatic rings. The molecule has 4 nitrogen and oxygen atoms in total. The highest BCUT2D eigenvalue weighted by molar-refractivity contribution is 5.91. The minimum atomic E-state index is 0.215. The number of hydrogen-bond donors (Lipinski definition) is 1. The van der Waals surface area contributed by atoms with Gasteiger partial charge in [0.1, 0.15) is 11.6 Å². The van der Waals surface area contributed by atoms with E-state index >= 15 is 0 Å². The van der Waals surface area contributed by atoms with E-state index in [0.29, 0.717) is 17.3 Å². The van der Waals surface area contributed by atoms with Gasteiger partial charge in [-0.2, -0.15) is 0 Å². The van der Waals surface area contributed by atoms with Gasteiger partial charge in [-0.15, -0.1) is 0 Å². The average Bonchev–Trinajstić information content (AvgIpc) is 2.61. The van der Waals surface area contributed by atoms with Crippen molar-refractivity contribution < 1.29 is 5.11 Å². The minimum Gasteiger partial charge on any atom is -0.507 e. The Morgan fingerprint density at radius 3 is 2.76 bits per heavy atom. The predicted molar refractivity (Wildman–Crippen MR) is 102 cm³/mol. The topological polar surface area (TPSA) is 49.2 Å². The molecule has 1 aliphatic rings. The quantitative estimate of drug-likeness (QED) is 0.747. The SMILES string of the molecule is Cc1ccc2c(N3CCC[C@@H](C)C3)nc(-c3ccccc3O)nc2c1. The normalized spacial score (nSPS) is 17.8. The number of hydrogen-bond acceptors (Lipinski definition) is 4. The van der Waals surface area contributed by atoms with Crippen LogP contribution in [0.3, 0.4) is 0 Å². The first kappa shape index (κ1) is 15.9. The van der Waals surface area contributed by atoms with E-state index in [0.717, 1.165) is 29.8 Å². The molecule has 1 fully saturated rings. The monoisotopic (exact) mass is 333 g/mol. The summed E-state index contributed by atoms with van der Waals surface area (Å²) < 4.78 is 0. The fraction of sp³-hybridized carbons (Fsp3) is 0.333.